The second kappa shape index (κ2) is 8.55. The van der Waals surface area contributed by atoms with Gasteiger partial charge in [0, 0.05) is 18.3 Å². The Kier molecular flexibility index (Phi) is 5.41. The van der Waals surface area contributed by atoms with E-state index in [1.807, 2.05) is 65.6 Å². The molecule has 1 atom stereocenters. The third kappa shape index (κ3) is 3.35. The number of carbonyl (C=O) groups is 1. The minimum atomic E-state index is -0.699. The van der Waals surface area contributed by atoms with Crippen LogP contribution in [0.2, 0.25) is 0 Å². The number of likely N-dealkylation sites (N-methyl/N-ethyl adjacent to an activating group) is 1. The maximum Gasteiger partial charge on any atom is 0.288 e. The number of aromatic nitrogens is 2. The molecule has 8 nitrogen and oxygen atoms in total. The summed E-state index contributed by atoms with van der Waals surface area (Å²) in [6.07, 6.45) is 3.43. The van der Waals surface area contributed by atoms with Crippen molar-refractivity contribution in [2.45, 2.75) is 13.0 Å². The molecule has 2 aliphatic heterocycles. The van der Waals surface area contributed by atoms with Crippen molar-refractivity contribution < 1.29 is 19.4 Å². The van der Waals surface area contributed by atoms with Crippen molar-refractivity contribution in [3.05, 3.63) is 89.3 Å². The van der Waals surface area contributed by atoms with Crippen molar-refractivity contribution in [2.24, 2.45) is 0 Å². The summed E-state index contributed by atoms with van der Waals surface area (Å²) < 4.78 is 10.8. The van der Waals surface area contributed by atoms with E-state index >= 15 is 0 Å². The molecule has 3 heterocycles. The highest BCUT2D eigenvalue weighted by Crippen LogP contribution is 2.50. The maximum absolute atomic E-state index is 13.5. The highest BCUT2D eigenvalue weighted by Gasteiger charge is 2.46. The van der Waals surface area contributed by atoms with E-state index in [4.69, 9.17) is 9.47 Å². The average molecular weight is 457 g/mol. The van der Waals surface area contributed by atoms with Crippen molar-refractivity contribution >= 4 is 29.2 Å². The number of nitrogens with zero attached hydrogens (tertiary/aromatic N) is 4. The first kappa shape index (κ1) is 21.5. The molecule has 3 aromatic rings. The van der Waals surface area contributed by atoms with Gasteiger partial charge in [-0.25, -0.2) is 9.97 Å². The highest BCUT2D eigenvalue weighted by atomic mass is 16.6. The molecule has 1 amide bonds. The van der Waals surface area contributed by atoms with E-state index in [1.54, 1.807) is 21.1 Å². The van der Waals surface area contributed by atoms with Crippen LogP contribution in [0.15, 0.2) is 72.4 Å². The molecule has 0 aliphatic carbocycles. The van der Waals surface area contributed by atoms with Crippen LogP contribution in [0, 0.1) is 0 Å². The standard InChI is InChI=1S/C26H24N4O4/c1-4-34-26(32)22-23-21-19(27-15-28-24(21)29(2)25(22)31)14-20(16-8-6-5-7-9-16)30(23)17-10-12-18(33-3)13-11-17/h5-15,23,32H,4H2,1-3H3/b26-22-. The minimum Gasteiger partial charge on any atom is -0.497 e. The summed E-state index contributed by atoms with van der Waals surface area (Å²) in [7, 11) is 3.25. The number of ether oxygens (including phenoxy) is 2. The molecule has 0 spiro atoms. The molecule has 1 unspecified atom stereocenters. The quantitative estimate of drug-likeness (QED) is 0.452. The van der Waals surface area contributed by atoms with Crippen molar-refractivity contribution in [1.82, 2.24) is 9.97 Å². The average Bonchev–Trinajstić information content (AvgIpc) is 2.87. The van der Waals surface area contributed by atoms with E-state index in [1.165, 1.54) is 11.2 Å². The molecule has 1 aromatic heterocycles. The Labute approximate surface area is 197 Å². The monoisotopic (exact) mass is 456 g/mol. The van der Waals surface area contributed by atoms with Gasteiger partial charge in [-0.05, 0) is 42.8 Å². The molecule has 34 heavy (non-hydrogen) atoms. The number of amides is 1. The molecule has 0 fully saturated rings. The number of anilines is 2. The fourth-order valence-corrected chi connectivity index (χ4v) is 4.46. The van der Waals surface area contributed by atoms with E-state index < -0.39 is 12.0 Å². The first-order valence-corrected chi connectivity index (χ1v) is 10.9. The first-order valence-electron chi connectivity index (χ1n) is 10.9. The number of aliphatic hydroxyl groups excluding tert-OH is 1. The number of aliphatic hydroxyl groups is 1. The molecular weight excluding hydrogens is 432 g/mol. The number of hydrogen-bond acceptors (Lipinski definition) is 7. The summed E-state index contributed by atoms with van der Waals surface area (Å²) >= 11 is 0. The van der Waals surface area contributed by atoms with Crippen LogP contribution in [-0.4, -0.2) is 41.7 Å². The topological polar surface area (TPSA) is 88.0 Å². The number of hydrogen-bond donors (Lipinski definition) is 1. The second-order valence-corrected chi connectivity index (χ2v) is 7.88. The molecule has 0 radical (unpaired) electrons. The molecule has 0 saturated carbocycles. The SMILES string of the molecule is CCO/C(O)=C1\C(=O)N(C)c2ncnc3c2C1N(c1ccc(OC)cc1)C(c1ccccc1)=C3. The lowest BCUT2D eigenvalue weighted by Gasteiger charge is -2.44. The lowest BCUT2D eigenvalue weighted by Crippen LogP contribution is -2.45. The van der Waals surface area contributed by atoms with Crippen molar-refractivity contribution in [1.29, 1.82) is 0 Å². The maximum atomic E-state index is 13.5. The predicted octanol–water partition coefficient (Wildman–Crippen LogP) is 4.33. The van der Waals surface area contributed by atoms with Gasteiger partial charge >= 0.3 is 0 Å². The molecule has 2 aromatic carbocycles. The Balaban J connectivity index is 1.83. The van der Waals surface area contributed by atoms with E-state index in [9.17, 15) is 9.90 Å². The summed E-state index contributed by atoms with van der Waals surface area (Å²) in [5, 5.41) is 10.9. The van der Waals surface area contributed by atoms with Gasteiger partial charge in [-0.2, -0.15) is 0 Å². The van der Waals surface area contributed by atoms with Gasteiger partial charge in [0.05, 0.1) is 25.1 Å². The lowest BCUT2D eigenvalue weighted by molar-refractivity contribution is -0.116. The number of methoxy groups -OCH3 is 1. The van der Waals surface area contributed by atoms with Crippen LogP contribution in [-0.2, 0) is 9.53 Å². The third-order valence-corrected chi connectivity index (χ3v) is 6.02. The zero-order valence-corrected chi connectivity index (χ0v) is 19.1. The predicted molar refractivity (Wildman–Crippen MR) is 129 cm³/mol. The van der Waals surface area contributed by atoms with Crippen LogP contribution >= 0.6 is 0 Å². The summed E-state index contributed by atoms with van der Waals surface area (Å²) in [5.74, 6) is 0.413. The molecular formula is C26H24N4O4. The summed E-state index contributed by atoms with van der Waals surface area (Å²) in [4.78, 5) is 25.9. The van der Waals surface area contributed by atoms with Gasteiger partial charge in [0.1, 0.15) is 29.5 Å². The third-order valence-electron chi connectivity index (χ3n) is 6.02. The Morgan fingerprint density at radius 2 is 1.82 bits per heavy atom. The van der Waals surface area contributed by atoms with E-state index in [-0.39, 0.29) is 18.1 Å². The van der Waals surface area contributed by atoms with Gasteiger partial charge < -0.3 is 19.5 Å². The van der Waals surface area contributed by atoms with Crippen molar-refractivity contribution in [2.75, 3.05) is 30.6 Å². The van der Waals surface area contributed by atoms with Crippen LogP contribution in [0.25, 0.3) is 11.8 Å². The van der Waals surface area contributed by atoms with Gasteiger partial charge in [0.15, 0.2) is 0 Å². The Morgan fingerprint density at radius 3 is 2.50 bits per heavy atom. The molecule has 1 N–H and O–H groups in total. The van der Waals surface area contributed by atoms with E-state index in [2.05, 4.69) is 9.97 Å². The van der Waals surface area contributed by atoms with E-state index in [0.29, 0.717) is 17.3 Å². The van der Waals surface area contributed by atoms with Gasteiger partial charge in [-0.1, -0.05) is 30.3 Å². The minimum absolute atomic E-state index is 0.130. The molecule has 8 heteroatoms. The molecule has 0 bridgehead atoms. The number of rotatable bonds is 5. The van der Waals surface area contributed by atoms with Gasteiger partial charge in [0.25, 0.3) is 11.9 Å². The molecule has 2 aliphatic rings. The number of benzene rings is 2. The fourth-order valence-electron chi connectivity index (χ4n) is 4.46. The Hall–Kier alpha value is -4.33. The van der Waals surface area contributed by atoms with Gasteiger partial charge in [0.2, 0.25) is 0 Å². The van der Waals surface area contributed by atoms with E-state index in [0.717, 1.165) is 22.5 Å². The van der Waals surface area contributed by atoms with Gasteiger partial charge in [-0.15, -0.1) is 0 Å². The fraction of sp³-hybridized carbons (Fsp3) is 0.192. The van der Waals surface area contributed by atoms with Crippen LogP contribution in [0.4, 0.5) is 11.5 Å². The van der Waals surface area contributed by atoms with Crippen LogP contribution in [0.3, 0.4) is 0 Å². The van der Waals surface area contributed by atoms with Crippen LogP contribution in [0.1, 0.15) is 29.8 Å². The second-order valence-electron chi connectivity index (χ2n) is 7.88. The normalized spacial score (nSPS) is 18.3. The largest absolute Gasteiger partial charge is 0.497 e. The number of carbonyl (C=O) groups excluding carboxylic acids is 1. The van der Waals surface area contributed by atoms with Crippen molar-refractivity contribution in [3.63, 3.8) is 0 Å². The van der Waals surface area contributed by atoms with Crippen LogP contribution < -0.4 is 14.5 Å². The molecule has 5 rings (SSSR count). The van der Waals surface area contributed by atoms with Crippen molar-refractivity contribution in [3.8, 4) is 5.75 Å². The first-order chi connectivity index (χ1) is 16.5. The smallest absolute Gasteiger partial charge is 0.288 e. The zero-order chi connectivity index (χ0) is 23.8. The Bertz CT molecular complexity index is 1300. The van der Waals surface area contributed by atoms with Gasteiger partial charge in [-0.3, -0.25) is 9.69 Å². The van der Waals surface area contributed by atoms with Crippen LogP contribution in [0.5, 0.6) is 5.75 Å². The molecule has 0 saturated heterocycles. The summed E-state index contributed by atoms with van der Waals surface area (Å²) in [6, 6.07) is 16.7. The highest BCUT2D eigenvalue weighted by molar-refractivity contribution is 6.12. The summed E-state index contributed by atoms with van der Waals surface area (Å²) in [6.45, 7) is 1.97. The zero-order valence-electron chi connectivity index (χ0n) is 19.1. The summed E-state index contributed by atoms with van der Waals surface area (Å²) in [5.41, 5.74) is 4.10. The Morgan fingerprint density at radius 1 is 1.09 bits per heavy atom. The lowest BCUT2D eigenvalue weighted by atomic mass is 9.86. The molecule has 172 valence electrons.